The van der Waals surface area contributed by atoms with Gasteiger partial charge in [-0.15, -0.1) is 0 Å². The average molecular weight is 200 g/mol. The van der Waals surface area contributed by atoms with Crippen LogP contribution in [-0.4, -0.2) is 37.5 Å². The molecule has 0 heterocycles. The average Bonchev–Trinajstić information content (AvgIpc) is 2.18. The predicted octanol–water partition coefficient (Wildman–Crippen LogP) is 1.63. The van der Waals surface area contributed by atoms with E-state index in [2.05, 4.69) is 19.2 Å². The molecule has 0 aliphatic rings. The van der Waals surface area contributed by atoms with Crippen LogP contribution in [0.5, 0.6) is 0 Å². The minimum Gasteiger partial charge on any atom is -0.343 e. The molecule has 1 amide bonds. The normalized spacial score (nSPS) is 10.2. The third kappa shape index (κ3) is 5.97. The molecule has 0 aromatic carbocycles. The van der Waals surface area contributed by atoms with Crippen molar-refractivity contribution in [2.24, 2.45) is 0 Å². The first kappa shape index (κ1) is 13.4. The summed E-state index contributed by atoms with van der Waals surface area (Å²) < 4.78 is 0. The topological polar surface area (TPSA) is 32.3 Å². The first-order valence-electron chi connectivity index (χ1n) is 5.68. The van der Waals surface area contributed by atoms with Crippen LogP contribution in [0.25, 0.3) is 0 Å². The number of rotatable bonds is 8. The molecule has 84 valence electrons. The zero-order valence-electron chi connectivity index (χ0n) is 9.81. The lowest BCUT2D eigenvalue weighted by molar-refractivity contribution is -0.131. The summed E-state index contributed by atoms with van der Waals surface area (Å²) in [5, 5.41) is 3.06. The highest BCUT2D eigenvalue weighted by atomic mass is 16.2. The molecular weight excluding hydrogens is 176 g/mol. The van der Waals surface area contributed by atoms with Gasteiger partial charge in [0.2, 0.25) is 5.91 Å². The third-order valence-corrected chi connectivity index (χ3v) is 2.16. The zero-order chi connectivity index (χ0) is 10.8. The van der Waals surface area contributed by atoms with Crippen LogP contribution in [0.3, 0.4) is 0 Å². The fraction of sp³-hybridized carbons (Fsp3) is 0.909. The van der Waals surface area contributed by atoms with Crippen LogP contribution in [0.15, 0.2) is 0 Å². The first-order valence-corrected chi connectivity index (χ1v) is 5.68. The van der Waals surface area contributed by atoms with Gasteiger partial charge in [-0.25, -0.2) is 0 Å². The van der Waals surface area contributed by atoms with Gasteiger partial charge in [0.15, 0.2) is 0 Å². The third-order valence-electron chi connectivity index (χ3n) is 2.16. The number of carbonyl (C=O) groups is 1. The molecule has 1 N–H and O–H groups in total. The Labute approximate surface area is 87.9 Å². The van der Waals surface area contributed by atoms with E-state index in [1.165, 1.54) is 0 Å². The Morgan fingerprint density at radius 1 is 1.21 bits per heavy atom. The highest BCUT2D eigenvalue weighted by molar-refractivity contribution is 5.76. The van der Waals surface area contributed by atoms with E-state index in [1.807, 2.05) is 11.9 Å². The van der Waals surface area contributed by atoms with Gasteiger partial charge in [-0.1, -0.05) is 13.8 Å². The fourth-order valence-electron chi connectivity index (χ4n) is 1.48. The molecule has 0 radical (unpaired) electrons. The lowest BCUT2D eigenvalue weighted by Crippen LogP contribution is -2.32. The van der Waals surface area contributed by atoms with Crippen LogP contribution < -0.4 is 5.32 Å². The molecule has 0 rings (SSSR count). The minimum absolute atomic E-state index is 0.309. The summed E-state index contributed by atoms with van der Waals surface area (Å²) >= 11 is 0. The van der Waals surface area contributed by atoms with Crippen LogP contribution in [0, 0.1) is 0 Å². The van der Waals surface area contributed by atoms with E-state index >= 15 is 0 Å². The Morgan fingerprint density at radius 2 is 1.79 bits per heavy atom. The summed E-state index contributed by atoms with van der Waals surface area (Å²) in [6, 6.07) is 0. The molecule has 0 spiro atoms. The first-order chi connectivity index (χ1) is 6.76. The second-order valence-electron chi connectivity index (χ2n) is 3.59. The number of hydrogen-bond donors (Lipinski definition) is 1. The van der Waals surface area contributed by atoms with Crippen molar-refractivity contribution in [2.45, 2.75) is 39.5 Å². The summed E-state index contributed by atoms with van der Waals surface area (Å²) in [7, 11) is 1.92. The zero-order valence-corrected chi connectivity index (χ0v) is 9.81. The van der Waals surface area contributed by atoms with Gasteiger partial charge in [0.25, 0.3) is 0 Å². The quantitative estimate of drug-likeness (QED) is 0.604. The standard InChI is InChI=1S/C11H24N2O/c1-4-9-13(10-5-2)11(14)7-6-8-12-3/h12H,4-10H2,1-3H3. The van der Waals surface area contributed by atoms with Crippen molar-refractivity contribution in [1.29, 1.82) is 0 Å². The van der Waals surface area contributed by atoms with E-state index in [1.54, 1.807) is 0 Å². The van der Waals surface area contributed by atoms with Crippen molar-refractivity contribution in [3.8, 4) is 0 Å². The van der Waals surface area contributed by atoms with Gasteiger partial charge in [0.1, 0.15) is 0 Å². The number of nitrogens with one attached hydrogen (secondary N) is 1. The Morgan fingerprint density at radius 3 is 2.21 bits per heavy atom. The maximum Gasteiger partial charge on any atom is 0.222 e. The van der Waals surface area contributed by atoms with Crippen molar-refractivity contribution in [2.75, 3.05) is 26.7 Å². The summed E-state index contributed by atoms with van der Waals surface area (Å²) in [4.78, 5) is 13.7. The van der Waals surface area contributed by atoms with Crippen molar-refractivity contribution in [3.05, 3.63) is 0 Å². The van der Waals surface area contributed by atoms with Gasteiger partial charge in [-0.3, -0.25) is 4.79 Å². The summed E-state index contributed by atoms with van der Waals surface area (Å²) in [6.45, 7) is 6.98. The van der Waals surface area contributed by atoms with E-state index in [4.69, 9.17) is 0 Å². The monoisotopic (exact) mass is 200 g/mol. The number of hydrogen-bond acceptors (Lipinski definition) is 2. The molecule has 0 saturated carbocycles. The van der Waals surface area contributed by atoms with E-state index in [9.17, 15) is 4.79 Å². The number of amides is 1. The molecule has 0 saturated heterocycles. The van der Waals surface area contributed by atoms with Crippen molar-refractivity contribution >= 4 is 5.91 Å². The predicted molar refractivity (Wildman–Crippen MR) is 60.3 cm³/mol. The van der Waals surface area contributed by atoms with Gasteiger partial charge in [0, 0.05) is 19.5 Å². The molecule has 0 bridgehead atoms. The van der Waals surface area contributed by atoms with E-state index in [0.717, 1.165) is 38.9 Å². The Bertz CT molecular complexity index is 142. The van der Waals surface area contributed by atoms with Crippen molar-refractivity contribution in [1.82, 2.24) is 10.2 Å². The molecule has 0 aliphatic heterocycles. The molecule has 0 aromatic heterocycles. The largest absolute Gasteiger partial charge is 0.343 e. The van der Waals surface area contributed by atoms with Crippen LogP contribution in [0.4, 0.5) is 0 Å². The fourth-order valence-corrected chi connectivity index (χ4v) is 1.48. The van der Waals surface area contributed by atoms with E-state index < -0.39 is 0 Å². The van der Waals surface area contributed by atoms with E-state index in [0.29, 0.717) is 12.3 Å². The number of nitrogens with zero attached hydrogens (tertiary/aromatic N) is 1. The highest BCUT2D eigenvalue weighted by Gasteiger charge is 2.10. The Hall–Kier alpha value is -0.570. The van der Waals surface area contributed by atoms with Crippen molar-refractivity contribution < 1.29 is 4.79 Å². The summed E-state index contributed by atoms with van der Waals surface area (Å²) in [5.74, 6) is 0.309. The maximum atomic E-state index is 11.7. The smallest absolute Gasteiger partial charge is 0.222 e. The molecule has 0 atom stereocenters. The summed E-state index contributed by atoms with van der Waals surface area (Å²) in [6.07, 6.45) is 3.73. The SMILES string of the molecule is CCCN(CCC)C(=O)CCCNC. The van der Waals surface area contributed by atoms with E-state index in [-0.39, 0.29) is 0 Å². The van der Waals surface area contributed by atoms with Crippen LogP contribution >= 0.6 is 0 Å². The molecule has 3 heteroatoms. The molecule has 0 aliphatic carbocycles. The van der Waals surface area contributed by atoms with Crippen LogP contribution in [0.1, 0.15) is 39.5 Å². The van der Waals surface area contributed by atoms with Crippen LogP contribution in [-0.2, 0) is 4.79 Å². The maximum absolute atomic E-state index is 11.7. The second-order valence-corrected chi connectivity index (χ2v) is 3.59. The lowest BCUT2D eigenvalue weighted by atomic mass is 10.2. The lowest BCUT2D eigenvalue weighted by Gasteiger charge is -2.21. The molecular formula is C11H24N2O. The van der Waals surface area contributed by atoms with Gasteiger partial charge >= 0.3 is 0 Å². The van der Waals surface area contributed by atoms with Gasteiger partial charge in [0.05, 0.1) is 0 Å². The highest BCUT2D eigenvalue weighted by Crippen LogP contribution is 2.00. The molecule has 14 heavy (non-hydrogen) atoms. The van der Waals surface area contributed by atoms with Crippen molar-refractivity contribution in [3.63, 3.8) is 0 Å². The molecule has 0 fully saturated rings. The van der Waals surface area contributed by atoms with Gasteiger partial charge in [-0.05, 0) is 32.9 Å². The Kier molecular flexibility index (Phi) is 8.64. The van der Waals surface area contributed by atoms with Gasteiger partial charge in [-0.2, -0.15) is 0 Å². The number of carbonyl (C=O) groups excluding carboxylic acids is 1. The molecule has 3 nitrogen and oxygen atoms in total. The van der Waals surface area contributed by atoms with Crippen LogP contribution in [0.2, 0.25) is 0 Å². The minimum atomic E-state index is 0.309. The summed E-state index contributed by atoms with van der Waals surface area (Å²) in [5.41, 5.74) is 0. The Balaban J connectivity index is 3.76. The molecule has 0 unspecified atom stereocenters. The van der Waals surface area contributed by atoms with Gasteiger partial charge < -0.3 is 10.2 Å². The second kappa shape index (κ2) is 9.00. The molecule has 0 aromatic rings.